The zero-order valence-electron chi connectivity index (χ0n) is 12.5. The lowest BCUT2D eigenvalue weighted by atomic mass is 10.2. The minimum absolute atomic E-state index is 0.728. The minimum Gasteiger partial charge on any atom is -0.352 e. The molecule has 0 atom stereocenters. The van der Waals surface area contributed by atoms with Crippen LogP contribution < -0.4 is 0 Å². The highest BCUT2D eigenvalue weighted by atomic mass is 79.9. The summed E-state index contributed by atoms with van der Waals surface area (Å²) in [4.78, 5) is 17.5. The van der Waals surface area contributed by atoms with Gasteiger partial charge in [0.15, 0.2) is 5.82 Å². The van der Waals surface area contributed by atoms with Crippen LogP contribution in [-0.2, 0) is 0 Å². The summed E-state index contributed by atoms with van der Waals surface area (Å²) < 4.78 is 1.01. The van der Waals surface area contributed by atoms with Crippen molar-refractivity contribution < 1.29 is 0 Å². The summed E-state index contributed by atoms with van der Waals surface area (Å²) in [6.07, 6.45) is 0. The standard InChI is InChI=1S/C19H11BrN4/c20-12-5-3-4-11(8-12)19-23-17-9-15-16(10-18(17)24-19)22-14-7-2-1-6-13(14)21-15/h1-10,21H. The Morgan fingerprint density at radius 3 is 2.38 bits per heavy atom. The first-order chi connectivity index (χ1) is 11.8. The molecule has 0 aliphatic rings. The normalized spacial score (nSPS) is 11.5. The second-order valence-corrected chi connectivity index (χ2v) is 6.59. The lowest BCUT2D eigenvalue weighted by Crippen LogP contribution is -1.87. The number of imidazole rings is 1. The van der Waals surface area contributed by atoms with Gasteiger partial charge < -0.3 is 4.98 Å². The van der Waals surface area contributed by atoms with Gasteiger partial charge in [-0.2, -0.15) is 0 Å². The third kappa shape index (κ3) is 2.17. The summed E-state index contributed by atoms with van der Waals surface area (Å²) >= 11 is 3.49. The van der Waals surface area contributed by atoms with Crippen LogP contribution >= 0.6 is 15.9 Å². The first kappa shape index (κ1) is 13.6. The quantitative estimate of drug-likeness (QED) is 0.415. The lowest BCUT2D eigenvalue weighted by molar-refractivity contribution is 1.33. The highest BCUT2D eigenvalue weighted by Gasteiger charge is 2.10. The second kappa shape index (κ2) is 5.11. The van der Waals surface area contributed by atoms with Gasteiger partial charge in [0, 0.05) is 10.0 Å². The molecule has 0 unspecified atom stereocenters. The Labute approximate surface area is 145 Å². The van der Waals surface area contributed by atoms with Crippen molar-refractivity contribution in [3.63, 3.8) is 0 Å². The first-order valence-corrected chi connectivity index (χ1v) is 8.38. The van der Waals surface area contributed by atoms with Crippen LogP contribution in [0.15, 0.2) is 65.1 Å². The van der Waals surface area contributed by atoms with E-state index in [0.29, 0.717) is 0 Å². The molecule has 5 rings (SSSR count). The number of rotatable bonds is 1. The number of fused-ring (bicyclic) bond motifs is 3. The Bertz CT molecular complexity index is 1150. The Balaban J connectivity index is 1.76. The van der Waals surface area contributed by atoms with E-state index in [1.807, 2.05) is 60.7 Å². The predicted octanol–water partition coefficient (Wildman–Crippen LogP) is 5.09. The van der Waals surface area contributed by atoms with Gasteiger partial charge in [0.25, 0.3) is 0 Å². The van der Waals surface area contributed by atoms with Gasteiger partial charge in [-0.05, 0) is 36.4 Å². The molecule has 4 nitrogen and oxygen atoms in total. The van der Waals surface area contributed by atoms with Crippen molar-refractivity contribution in [3.8, 4) is 11.4 Å². The van der Waals surface area contributed by atoms with Crippen molar-refractivity contribution in [2.24, 2.45) is 0 Å². The predicted molar refractivity (Wildman–Crippen MR) is 99.8 cm³/mol. The van der Waals surface area contributed by atoms with Gasteiger partial charge in [0.1, 0.15) is 0 Å². The zero-order valence-corrected chi connectivity index (χ0v) is 14.1. The summed E-state index contributed by atoms with van der Waals surface area (Å²) in [6.45, 7) is 0. The maximum Gasteiger partial charge on any atom is 0.160 e. The number of aromatic nitrogens is 4. The number of benzene rings is 3. The largest absolute Gasteiger partial charge is 0.352 e. The Hall–Kier alpha value is -2.79. The maximum atomic E-state index is 4.72. The van der Waals surface area contributed by atoms with Crippen LogP contribution in [0.25, 0.3) is 44.5 Å². The van der Waals surface area contributed by atoms with Crippen LogP contribution in [0.2, 0.25) is 0 Å². The van der Waals surface area contributed by atoms with E-state index in [9.17, 15) is 0 Å². The molecular formula is C19H11BrN4. The summed E-state index contributed by atoms with van der Waals surface area (Å²) in [7, 11) is 0. The average Bonchev–Trinajstić information content (AvgIpc) is 3.00. The highest BCUT2D eigenvalue weighted by Crippen LogP contribution is 2.26. The third-order valence-electron chi connectivity index (χ3n) is 4.04. The molecule has 114 valence electrons. The summed E-state index contributed by atoms with van der Waals surface area (Å²) in [6, 6.07) is 20.0. The summed E-state index contributed by atoms with van der Waals surface area (Å²) in [5, 5.41) is 0. The number of nitrogens with zero attached hydrogens (tertiary/aromatic N) is 3. The second-order valence-electron chi connectivity index (χ2n) is 5.67. The van der Waals surface area contributed by atoms with E-state index in [-0.39, 0.29) is 0 Å². The highest BCUT2D eigenvalue weighted by molar-refractivity contribution is 9.10. The molecule has 0 aliphatic heterocycles. The van der Waals surface area contributed by atoms with Gasteiger partial charge >= 0.3 is 0 Å². The smallest absolute Gasteiger partial charge is 0.160 e. The first-order valence-electron chi connectivity index (χ1n) is 7.58. The average molecular weight is 375 g/mol. The molecule has 0 fully saturated rings. The van der Waals surface area contributed by atoms with Crippen molar-refractivity contribution >= 4 is 49.0 Å². The van der Waals surface area contributed by atoms with Crippen molar-refractivity contribution in [2.75, 3.05) is 0 Å². The van der Waals surface area contributed by atoms with Gasteiger partial charge in [0.2, 0.25) is 0 Å². The van der Waals surface area contributed by atoms with Gasteiger partial charge in [-0.1, -0.05) is 40.2 Å². The van der Waals surface area contributed by atoms with Gasteiger partial charge in [-0.25, -0.2) is 15.0 Å². The van der Waals surface area contributed by atoms with Crippen LogP contribution in [-0.4, -0.2) is 19.9 Å². The van der Waals surface area contributed by atoms with Crippen LogP contribution in [0.3, 0.4) is 0 Å². The van der Waals surface area contributed by atoms with E-state index in [1.54, 1.807) is 0 Å². The van der Waals surface area contributed by atoms with Gasteiger partial charge in [-0.15, -0.1) is 0 Å². The molecule has 0 amide bonds. The van der Waals surface area contributed by atoms with Gasteiger partial charge in [-0.3, -0.25) is 0 Å². The van der Waals surface area contributed by atoms with E-state index in [0.717, 1.165) is 49.0 Å². The molecule has 0 spiro atoms. The molecule has 0 saturated heterocycles. The molecule has 5 heteroatoms. The van der Waals surface area contributed by atoms with Crippen molar-refractivity contribution in [1.29, 1.82) is 0 Å². The molecule has 1 N–H and O–H groups in total. The molecule has 24 heavy (non-hydrogen) atoms. The number of halogens is 1. The molecule has 2 aromatic heterocycles. The minimum atomic E-state index is 0.728. The fourth-order valence-corrected chi connectivity index (χ4v) is 3.30. The van der Waals surface area contributed by atoms with E-state index in [2.05, 4.69) is 30.9 Å². The number of hydrogen-bond acceptors (Lipinski definition) is 3. The molecular weight excluding hydrogens is 364 g/mol. The fraction of sp³-hybridized carbons (Fsp3) is 0. The number of para-hydroxylation sites is 2. The van der Waals surface area contributed by atoms with E-state index in [1.165, 1.54) is 0 Å². The number of aromatic amines is 1. The molecule has 0 radical (unpaired) electrons. The SMILES string of the molecule is Brc1cccc(-c2nc3cc4nc5ccccc5[nH]c4cc3n2)c1. The monoisotopic (exact) mass is 374 g/mol. The molecule has 0 aliphatic carbocycles. The number of hydrogen-bond donors (Lipinski definition) is 1. The topological polar surface area (TPSA) is 54.5 Å². The Kier molecular flexibility index (Phi) is 2.90. The molecule has 0 bridgehead atoms. The summed E-state index contributed by atoms with van der Waals surface area (Å²) in [5.41, 5.74) is 6.52. The maximum absolute atomic E-state index is 4.72. The van der Waals surface area contributed by atoms with Crippen molar-refractivity contribution in [1.82, 2.24) is 19.9 Å². The summed E-state index contributed by atoms with van der Waals surface area (Å²) in [5.74, 6) is 0.728. The Morgan fingerprint density at radius 2 is 1.50 bits per heavy atom. The van der Waals surface area contributed by atoms with Crippen LogP contribution in [0, 0.1) is 0 Å². The number of H-pyrrole nitrogens is 1. The number of nitrogens with one attached hydrogen (secondary N) is 1. The van der Waals surface area contributed by atoms with Crippen molar-refractivity contribution in [3.05, 3.63) is 65.1 Å². The van der Waals surface area contributed by atoms with Gasteiger partial charge in [0.05, 0.1) is 33.1 Å². The molecule has 0 saturated carbocycles. The van der Waals surface area contributed by atoms with E-state index in [4.69, 9.17) is 4.98 Å². The lowest BCUT2D eigenvalue weighted by Gasteiger charge is -2.01. The molecule has 5 aromatic rings. The zero-order chi connectivity index (χ0) is 16.1. The van der Waals surface area contributed by atoms with E-state index >= 15 is 0 Å². The van der Waals surface area contributed by atoms with E-state index < -0.39 is 0 Å². The van der Waals surface area contributed by atoms with Crippen LogP contribution in [0.1, 0.15) is 0 Å². The third-order valence-corrected chi connectivity index (χ3v) is 4.54. The molecule has 3 aromatic carbocycles. The Morgan fingerprint density at radius 1 is 0.667 bits per heavy atom. The van der Waals surface area contributed by atoms with Crippen molar-refractivity contribution in [2.45, 2.75) is 0 Å². The fourth-order valence-electron chi connectivity index (χ4n) is 2.90. The molecule has 2 heterocycles. The van der Waals surface area contributed by atoms with Crippen LogP contribution in [0.5, 0.6) is 0 Å². The van der Waals surface area contributed by atoms with Crippen LogP contribution in [0.4, 0.5) is 0 Å².